The normalized spacial score (nSPS) is 24.6. The van der Waals surface area contributed by atoms with Crippen molar-refractivity contribution in [3.63, 3.8) is 0 Å². The summed E-state index contributed by atoms with van der Waals surface area (Å²) in [5.41, 5.74) is 1.11. The minimum atomic E-state index is -0.191. The zero-order valence-corrected chi connectivity index (χ0v) is 11.5. The van der Waals surface area contributed by atoms with Crippen LogP contribution in [0.4, 0.5) is 4.39 Å². The van der Waals surface area contributed by atoms with Crippen LogP contribution in [0, 0.1) is 11.7 Å². The Bertz CT molecular complexity index is 359. The fraction of sp³-hybridized carbons (Fsp3) is 0.600. The largest absolute Gasteiger partial charge is 0.378 e. The second-order valence-corrected chi connectivity index (χ2v) is 5.70. The second-order valence-electron chi connectivity index (χ2n) is 5.08. The third-order valence-corrected chi connectivity index (χ3v) is 3.89. The first kappa shape index (κ1) is 13.8. The van der Waals surface area contributed by atoms with Crippen LogP contribution in [0.3, 0.4) is 0 Å². The highest BCUT2D eigenvalue weighted by atomic mass is 35.5. The molecule has 2 rings (SSSR count). The molecule has 0 heterocycles. The van der Waals surface area contributed by atoms with Crippen LogP contribution >= 0.6 is 11.6 Å². The predicted molar refractivity (Wildman–Crippen MR) is 72.5 cm³/mol. The molecule has 0 bridgehead atoms. The van der Waals surface area contributed by atoms with Gasteiger partial charge in [0, 0.05) is 12.0 Å². The molecule has 100 valence electrons. The number of rotatable bonds is 6. The van der Waals surface area contributed by atoms with Crippen molar-refractivity contribution < 1.29 is 9.13 Å². The summed E-state index contributed by atoms with van der Waals surface area (Å²) < 4.78 is 18.3. The molecule has 0 amide bonds. The van der Waals surface area contributed by atoms with Gasteiger partial charge in [-0.05, 0) is 56.2 Å². The Hall–Kier alpha value is -0.600. The molecule has 1 aliphatic carbocycles. The van der Waals surface area contributed by atoms with E-state index < -0.39 is 0 Å². The first-order valence-corrected chi connectivity index (χ1v) is 7.11. The first-order chi connectivity index (χ1) is 8.67. The van der Waals surface area contributed by atoms with Gasteiger partial charge in [-0.15, -0.1) is 11.6 Å². The van der Waals surface area contributed by atoms with Gasteiger partial charge in [-0.2, -0.15) is 0 Å². The maximum atomic E-state index is 12.8. The van der Waals surface area contributed by atoms with Gasteiger partial charge in [0.1, 0.15) is 5.82 Å². The number of alkyl halides is 1. The summed E-state index contributed by atoms with van der Waals surface area (Å²) in [6, 6.07) is 6.61. The molecule has 1 aromatic rings. The lowest BCUT2D eigenvalue weighted by atomic mass is 9.78. The van der Waals surface area contributed by atoms with Crippen molar-refractivity contribution in [2.75, 3.05) is 6.61 Å². The molecule has 3 heteroatoms. The van der Waals surface area contributed by atoms with Gasteiger partial charge in [0.15, 0.2) is 0 Å². The minimum Gasteiger partial charge on any atom is -0.378 e. The van der Waals surface area contributed by atoms with Crippen molar-refractivity contribution in [1.82, 2.24) is 0 Å². The maximum absolute atomic E-state index is 12.8. The molecule has 0 aliphatic heterocycles. The van der Waals surface area contributed by atoms with Crippen LogP contribution in [0.2, 0.25) is 0 Å². The van der Waals surface area contributed by atoms with Crippen LogP contribution in [0.15, 0.2) is 24.3 Å². The van der Waals surface area contributed by atoms with Crippen molar-refractivity contribution in [1.29, 1.82) is 0 Å². The standard InChI is InChI=1S/C15H20ClFO/c1-2-18-15-9-12(10-15)8-13(16)7-11-3-5-14(17)6-4-11/h3-6,12-13,15H,2,7-10H2,1H3. The van der Waals surface area contributed by atoms with Gasteiger partial charge in [0.25, 0.3) is 0 Å². The maximum Gasteiger partial charge on any atom is 0.123 e. The van der Waals surface area contributed by atoms with Crippen molar-refractivity contribution in [3.05, 3.63) is 35.6 Å². The molecule has 1 nitrogen and oxygen atoms in total. The van der Waals surface area contributed by atoms with Gasteiger partial charge >= 0.3 is 0 Å². The Morgan fingerprint density at radius 3 is 2.61 bits per heavy atom. The summed E-state index contributed by atoms with van der Waals surface area (Å²) in [6.45, 7) is 2.84. The monoisotopic (exact) mass is 270 g/mol. The lowest BCUT2D eigenvalue weighted by Gasteiger charge is -2.36. The third kappa shape index (κ3) is 3.96. The summed E-state index contributed by atoms with van der Waals surface area (Å²) in [5, 5.41) is 0.142. The molecule has 1 saturated carbocycles. The molecule has 1 aromatic carbocycles. The summed E-state index contributed by atoms with van der Waals surface area (Å²) in [5.74, 6) is 0.507. The highest BCUT2D eigenvalue weighted by Gasteiger charge is 2.30. The minimum absolute atomic E-state index is 0.142. The highest BCUT2D eigenvalue weighted by molar-refractivity contribution is 6.20. The van der Waals surface area contributed by atoms with Crippen LogP contribution in [0.1, 0.15) is 31.7 Å². The smallest absolute Gasteiger partial charge is 0.123 e. The van der Waals surface area contributed by atoms with Crippen LogP contribution in [0.5, 0.6) is 0 Å². The van der Waals surface area contributed by atoms with E-state index in [-0.39, 0.29) is 11.2 Å². The Morgan fingerprint density at radius 2 is 2.00 bits per heavy atom. The van der Waals surface area contributed by atoms with E-state index in [1.54, 1.807) is 0 Å². The van der Waals surface area contributed by atoms with Gasteiger partial charge < -0.3 is 4.74 Å². The Balaban J connectivity index is 1.70. The SMILES string of the molecule is CCOC1CC(CC(Cl)Cc2ccc(F)cc2)C1. The van der Waals surface area contributed by atoms with Crippen molar-refractivity contribution >= 4 is 11.6 Å². The number of ether oxygens (including phenoxy) is 1. The Labute approximate surface area is 113 Å². The summed E-state index contributed by atoms with van der Waals surface area (Å²) in [6.07, 6.45) is 4.58. The van der Waals surface area contributed by atoms with Gasteiger partial charge in [-0.25, -0.2) is 4.39 Å². The molecule has 1 atom stereocenters. The van der Waals surface area contributed by atoms with Gasteiger partial charge in [0.2, 0.25) is 0 Å². The summed E-state index contributed by atoms with van der Waals surface area (Å²) >= 11 is 6.35. The van der Waals surface area contributed by atoms with Gasteiger partial charge in [-0.1, -0.05) is 12.1 Å². The lowest BCUT2D eigenvalue weighted by molar-refractivity contribution is -0.0266. The van der Waals surface area contributed by atoms with Gasteiger partial charge in [0.05, 0.1) is 6.10 Å². The van der Waals surface area contributed by atoms with E-state index in [4.69, 9.17) is 16.3 Å². The first-order valence-electron chi connectivity index (χ1n) is 6.67. The molecule has 18 heavy (non-hydrogen) atoms. The molecule has 0 saturated heterocycles. The molecule has 1 fully saturated rings. The van der Waals surface area contributed by atoms with E-state index >= 15 is 0 Å². The van der Waals surface area contributed by atoms with Crippen molar-refractivity contribution in [2.24, 2.45) is 5.92 Å². The zero-order chi connectivity index (χ0) is 13.0. The van der Waals surface area contributed by atoms with Crippen molar-refractivity contribution in [2.45, 2.75) is 44.1 Å². The van der Waals surface area contributed by atoms with Crippen LogP contribution < -0.4 is 0 Å². The zero-order valence-electron chi connectivity index (χ0n) is 10.7. The average molecular weight is 271 g/mol. The van der Waals surface area contributed by atoms with E-state index in [1.165, 1.54) is 12.1 Å². The Kier molecular flexibility index (Phi) is 5.02. The van der Waals surface area contributed by atoms with Crippen LogP contribution in [-0.4, -0.2) is 18.1 Å². The number of hydrogen-bond acceptors (Lipinski definition) is 1. The molecular weight excluding hydrogens is 251 g/mol. The van der Waals surface area contributed by atoms with Crippen molar-refractivity contribution in [3.8, 4) is 0 Å². The topological polar surface area (TPSA) is 9.23 Å². The van der Waals surface area contributed by atoms with Crippen LogP contribution in [0.25, 0.3) is 0 Å². The lowest BCUT2D eigenvalue weighted by Crippen LogP contribution is -2.33. The molecule has 0 N–H and O–H groups in total. The second kappa shape index (κ2) is 6.53. The molecule has 0 radical (unpaired) electrons. The van der Waals surface area contributed by atoms with Gasteiger partial charge in [-0.3, -0.25) is 0 Å². The van der Waals surface area contributed by atoms with E-state index in [2.05, 4.69) is 0 Å². The molecule has 0 aromatic heterocycles. The van der Waals surface area contributed by atoms with E-state index in [0.717, 1.165) is 37.9 Å². The summed E-state index contributed by atoms with van der Waals surface area (Å²) in [4.78, 5) is 0. The number of halogens is 2. The number of benzene rings is 1. The van der Waals surface area contributed by atoms with E-state index in [9.17, 15) is 4.39 Å². The Morgan fingerprint density at radius 1 is 1.33 bits per heavy atom. The molecule has 1 unspecified atom stereocenters. The molecule has 0 spiro atoms. The third-order valence-electron chi connectivity index (χ3n) is 3.55. The highest BCUT2D eigenvalue weighted by Crippen LogP contribution is 2.35. The molecular formula is C15H20ClFO. The summed E-state index contributed by atoms with van der Waals surface area (Å²) in [7, 11) is 0. The quantitative estimate of drug-likeness (QED) is 0.705. The number of hydrogen-bond donors (Lipinski definition) is 0. The fourth-order valence-corrected chi connectivity index (χ4v) is 2.99. The van der Waals surface area contributed by atoms with E-state index in [1.807, 2.05) is 19.1 Å². The van der Waals surface area contributed by atoms with Crippen LogP contribution in [-0.2, 0) is 11.2 Å². The fourth-order valence-electron chi connectivity index (χ4n) is 2.56. The molecule has 1 aliphatic rings. The predicted octanol–water partition coefficient (Wildman–Crippen LogP) is 4.18. The van der Waals surface area contributed by atoms with E-state index in [0.29, 0.717) is 12.0 Å². The average Bonchev–Trinajstić information content (AvgIpc) is 2.29.